The summed E-state index contributed by atoms with van der Waals surface area (Å²) in [5.74, 6) is 0.787. The topological polar surface area (TPSA) is 0 Å². The van der Waals surface area contributed by atoms with E-state index < -0.39 is 0 Å². The lowest BCUT2D eigenvalue weighted by Crippen LogP contribution is -2.11. The molecule has 96 valence electrons. The third-order valence-electron chi connectivity index (χ3n) is 5.01. The Hall–Kier alpha value is -0.0900. The van der Waals surface area contributed by atoms with E-state index in [0.29, 0.717) is 0 Å². The van der Waals surface area contributed by atoms with Crippen LogP contribution in [0.15, 0.2) is 22.3 Å². The molecule has 1 atom stereocenters. The molecule has 0 bridgehead atoms. The minimum Gasteiger partial charge on any atom is -0.118 e. The molecule has 0 aromatic heterocycles. The normalized spacial score (nSPS) is 24.7. The molecule has 0 radical (unpaired) electrons. The van der Waals surface area contributed by atoms with Crippen molar-refractivity contribution in [1.29, 1.82) is 0 Å². The summed E-state index contributed by atoms with van der Waals surface area (Å²) >= 11 is 0. The highest BCUT2D eigenvalue weighted by atomic mass is 31.1. The van der Waals surface area contributed by atoms with Crippen molar-refractivity contribution < 1.29 is 0 Å². The van der Waals surface area contributed by atoms with Gasteiger partial charge in [-0.15, -0.1) is 8.58 Å². The van der Waals surface area contributed by atoms with Gasteiger partial charge in [0.25, 0.3) is 0 Å². The lowest BCUT2D eigenvalue weighted by Gasteiger charge is -2.24. The van der Waals surface area contributed by atoms with Crippen LogP contribution in [0.5, 0.6) is 0 Å². The number of hydrogen-bond donors (Lipinski definition) is 0. The average molecular weight is 250 g/mol. The Balaban J connectivity index is 1.91. The molecule has 0 aromatic rings. The van der Waals surface area contributed by atoms with Crippen LogP contribution in [0.4, 0.5) is 0 Å². The van der Waals surface area contributed by atoms with Gasteiger partial charge in [0.1, 0.15) is 0 Å². The van der Waals surface area contributed by atoms with Crippen molar-refractivity contribution in [2.24, 2.45) is 5.92 Å². The molecule has 2 rings (SSSR count). The molecule has 0 aromatic carbocycles. The van der Waals surface area contributed by atoms with E-state index in [2.05, 4.69) is 27.7 Å². The molecule has 1 saturated carbocycles. The molecule has 17 heavy (non-hydrogen) atoms. The zero-order chi connectivity index (χ0) is 12.4. The maximum Gasteiger partial charge on any atom is 0.00500 e. The summed E-state index contributed by atoms with van der Waals surface area (Å²) in [6, 6.07) is 0. The Morgan fingerprint density at radius 2 is 1.41 bits per heavy atom. The van der Waals surface area contributed by atoms with Gasteiger partial charge in [0, 0.05) is 5.92 Å². The third-order valence-corrected chi connectivity index (χ3v) is 6.81. The van der Waals surface area contributed by atoms with Gasteiger partial charge in [-0.2, -0.15) is 0 Å². The van der Waals surface area contributed by atoms with Crippen LogP contribution in [-0.4, -0.2) is 11.8 Å². The van der Waals surface area contributed by atoms with E-state index in [4.69, 9.17) is 0 Å². The van der Waals surface area contributed by atoms with Gasteiger partial charge < -0.3 is 0 Å². The highest BCUT2D eigenvalue weighted by Gasteiger charge is 2.25. The molecular weight excluding hydrogens is 223 g/mol. The third kappa shape index (κ3) is 2.84. The summed E-state index contributed by atoms with van der Waals surface area (Å²) in [4.78, 5) is 0. The van der Waals surface area contributed by atoms with E-state index in [9.17, 15) is 0 Å². The summed E-state index contributed by atoms with van der Waals surface area (Å²) in [7, 11) is 1.20. The van der Waals surface area contributed by atoms with Crippen LogP contribution in [0.25, 0.3) is 0 Å². The quantitative estimate of drug-likeness (QED) is 0.596. The average Bonchev–Trinajstić information content (AvgIpc) is 2.54. The molecule has 1 heteroatoms. The van der Waals surface area contributed by atoms with Crippen molar-refractivity contribution in [2.45, 2.75) is 65.5 Å². The molecule has 2 aliphatic carbocycles. The van der Waals surface area contributed by atoms with Crippen LogP contribution in [0.1, 0.15) is 59.8 Å². The van der Waals surface area contributed by atoms with Crippen LogP contribution in [0, 0.1) is 5.92 Å². The predicted molar refractivity (Wildman–Crippen MR) is 80.3 cm³/mol. The first-order chi connectivity index (χ1) is 8.11. The van der Waals surface area contributed by atoms with Crippen molar-refractivity contribution in [2.75, 3.05) is 6.16 Å². The summed E-state index contributed by atoms with van der Waals surface area (Å²) in [5.41, 5.74) is 7.51. The van der Waals surface area contributed by atoms with Crippen LogP contribution in [-0.2, 0) is 0 Å². The van der Waals surface area contributed by atoms with Crippen molar-refractivity contribution >= 4 is 8.58 Å². The Labute approximate surface area is 109 Å². The van der Waals surface area contributed by atoms with Gasteiger partial charge >= 0.3 is 0 Å². The van der Waals surface area contributed by atoms with E-state index in [1.807, 2.05) is 0 Å². The fourth-order valence-corrected chi connectivity index (χ4v) is 5.33. The Morgan fingerprint density at radius 1 is 0.882 bits per heavy atom. The van der Waals surface area contributed by atoms with Gasteiger partial charge in [-0.05, 0) is 63.5 Å². The summed E-state index contributed by atoms with van der Waals surface area (Å²) in [5, 5.41) is 0. The molecular formula is C16H27P. The van der Waals surface area contributed by atoms with Crippen molar-refractivity contribution in [1.82, 2.24) is 0 Å². The monoisotopic (exact) mass is 250 g/mol. The molecule has 0 aliphatic heterocycles. The first kappa shape index (κ1) is 13.3. The number of hydrogen-bond acceptors (Lipinski definition) is 0. The molecule has 0 amide bonds. The second-order valence-electron chi connectivity index (χ2n) is 5.91. The maximum absolute atomic E-state index is 2.35. The fourth-order valence-electron chi connectivity index (χ4n) is 3.34. The van der Waals surface area contributed by atoms with Gasteiger partial charge in [0.05, 0.1) is 0 Å². The highest BCUT2D eigenvalue weighted by molar-refractivity contribution is 7.38. The maximum atomic E-state index is 2.35. The molecule has 0 nitrogen and oxygen atoms in total. The van der Waals surface area contributed by atoms with Crippen LogP contribution in [0.2, 0.25) is 0 Å². The number of rotatable bonds is 3. The van der Waals surface area contributed by atoms with E-state index in [1.165, 1.54) is 46.8 Å². The van der Waals surface area contributed by atoms with E-state index in [0.717, 1.165) is 11.6 Å². The van der Waals surface area contributed by atoms with Gasteiger partial charge in [0.15, 0.2) is 0 Å². The highest BCUT2D eigenvalue weighted by Crippen LogP contribution is 2.42. The van der Waals surface area contributed by atoms with Gasteiger partial charge in [-0.3, -0.25) is 0 Å². The van der Waals surface area contributed by atoms with E-state index in [1.54, 1.807) is 22.3 Å². The standard InChI is InChI=1S/C16H27P/c1-11-12(2)14(4)16(13(11)3)10-17-15-8-6-5-7-9-15/h15-17H,5-10H2,1-4H3. The Kier molecular flexibility index (Phi) is 4.47. The zero-order valence-electron chi connectivity index (χ0n) is 11.9. The molecule has 0 saturated heterocycles. The molecule has 0 N–H and O–H groups in total. The molecule has 0 spiro atoms. The molecule has 1 unspecified atom stereocenters. The minimum absolute atomic E-state index is 0.787. The Morgan fingerprint density at radius 3 is 1.94 bits per heavy atom. The van der Waals surface area contributed by atoms with Gasteiger partial charge in [-0.25, -0.2) is 0 Å². The van der Waals surface area contributed by atoms with Crippen molar-refractivity contribution in [3.63, 3.8) is 0 Å². The van der Waals surface area contributed by atoms with E-state index >= 15 is 0 Å². The van der Waals surface area contributed by atoms with E-state index in [-0.39, 0.29) is 0 Å². The van der Waals surface area contributed by atoms with Crippen molar-refractivity contribution in [3.05, 3.63) is 22.3 Å². The van der Waals surface area contributed by atoms with Gasteiger partial charge in [0.2, 0.25) is 0 Å². The van der Waals surface area contributed by atoms with Crippen molar-refractivity contribution in [3.8, 4) is 0 Å². The fraction of sp³-hybridized carbons (Fsp3) is 0.750. The van der Waals surface area contributed by atoms with Crippen LogP contribution in [0.3, 0.4) is 0 Å². The summed E-state index contributed by atoms with van der Waals surface area (Å²) in [6.07, 6.45) is 8.91. The number of allylic oxidation sites excluding steroid dienone is 4. The molecule has 1 fully saturated rings. The predicted octanol–water partition coefficient (Wildman–Crippen LogP) is 5.30. The minimum atomic E-state index is 0.787. The van der Waals surface area contributed by atoms with Crippen LogP contribution >= 0.6 is 8.58 Å². The SMILES string of the molecule is CC1=C(C)C(CPC2CCCCC2)C(C)=C1C. The molecule has 0 heterocycles. The molecule has 2 aliphatic rings. The first-order valence-corrected chi connectivity index (χ1v) is 8.48. The Bertz CT molecular complexity index is 319. The smallest absolute Gasteiger partial charge is 0.00500 e. The summed E-state index contributed by atoms with van der Waals surface area (Å²) < 4.78 is 0. The second kappa shape index (κ2) is 5.70. The van der Waals surface area contributed by atoms with Gasteiger partial charge in [-0.1, -0.05) is 30.4 Å². The lowest BCUT2D eigenvalue weighted by molar-refractivity contribution is 0.512. The zero-order valence-corrected chi connectivity index (χ0v) is 12.9. The lowest BCUT2D eigenvalue weighted by atomic mass is 9.99. The summed E-state index contributed by atoms with van der Waals surface area (Å²) in [6.45, 7) is 9.31. The second-order valence-corrected chi connectivity index (χ2v) is 7.54. The largest absolute Gasteiger partial charge is 0.118 e. The first-order valence-electron chi connectivity index (χ1n) is 7.19. The van der Waals surface area contributed by atoms with Crippen LogP contribution < -0.4 is 0 Å².